The molecule has 74 heavy (non-hydrogen) atoms. The number of hydrogen-bond acceptors (Lipinski definition) is 6. The highest BCUT2D eigenvalue weighted by Gasteiger charge is 2.30. The van der Waals surface area contributed by atoms with Crippen LogP contribution in [0.2, 0.25) is 0 Å². The summed E-state index contributed by atoms with van der Waals surface area (Å²) in [5.74, 6) is -0.529. The van der Waals surface area contributed by atoms with Gasteiger partial charge in [-0.25, -0.2) is 4.57 Å². The van der Waals surface area contributed by atoms with E-state index in [1.165, 1.54) is 193 Å². The second-order valence-corrected chi connectivity index (χ2v) is 24.1. The number of rotatable bonds is 57. The Morgan fingerprint density at radius 3 is 1.24 bits per heavy atom. The molecule has 9 nitrogen and oxygen atoms in total. The number of phosphoric ester groups is 1. The maximum atomic E-state index is 13.5. The highest BCUT2D eigenvalue weighted by atomic mass is 31.2. The zero-order valence-corrected chi connectivity index (χ0v) is 50.5. The van der Waals surface area contributed by atoms with Gasteiger partial charge in [0.25, 0.3) is 0 Å². The van der Waals surface area contributed by atoms with Crippen molar-refractivity contribution in [3.8, 4) is 0 Å². The Morgan fingerprint density at radius 2 is 0.824 bits per heavy atom. The summed E-state index contributed by atoms with van der Waals surface area (Å²) in [7, 11) is 1.48. The van der Waals surface area contributed by atoms with E-state index >= 15 is 0 Å². The van der Waals surface area contributed by atoms with Crippen LogP contribution in [0, 0.1) is 0 Å². The molecule has 0 radical (unpaired) electrons. The summed E-state index contributed by atoms with van der Waals surface area (Å²) in [6.45, 7) is 7.01. The van der Waals surface area contributed by atoms with Crippen molar-refractivity contribution in [3.63, 3.8) is 0 Å². The Bertz CT molecular complexity index is 1410. The molecule has 0 heterocycles. The molecule has 0 rings (SSSR count). The van der Waals surface area contributed by atoms with Crippen molar-refractivity contribution in [2.45, 2.75) is 309 Å². The number of unbranched alkanes of at least 4 members (excludes halogenated alkanes) is 36. The standard InChI is InChI=1S/C64H121N2O7P/c1-7-10-13-16-19-22-25-28-30-32-33-34-36-39-42-45-48-51-54-57-64(68)73-62(55-52-49-46-43-40-37-27-24-21-18-15-12-9-3)61(60-72-74(69,70)71-59-58-66(4,5)6)65-63(67)56-53-50-47-44-41-38-35-31-29-26-23-20-17-14-11-8-2/h28,30-31,35,38,41,52,55,61-62H,7-27,29,32-34,36-37,39-40,42-51,53-54,56-60H2,1-6H3,(H-,65,67,69,70)/p+1/b30-28+,35-31+,41-38+,55-52+. The number of ether oxygens (including phenoxy) is 1. The molecule has 0 saturated carbocycles. The minimum atomic E-state index is -4.45. The first-order valence-electron chi connectivity index (χ1n) is 31.5. The molecule has 0 spiro atoms. The summed E-state index contributed by atoms with van der Waals surface area (Å²) >= 11 is 0. The molecule has 0 fully saturated rings. The number of hydrogen-bond donors (Lipinski definition) is 2. The quantitative estimate of drug-likeness (QED) is 0.0156. The molecular formula is C64H122N2O7P+. The predicted molar refractivity (Wildman–Crippen MR) is 319 cm³/mol. The summed E-state index contributed by atoms with van der Waals surface area (Å²) in [6, 6.07) is -0.862. The van der Waals surface area contributed by atoms with Gasteiger partial charge in [-0.1, -0.05) is 250 Å². The molecule has 0 bridgehead atoms. The molecule has 0 aromatic carbocycles. The minimum Gasteiger partial charge on any atom is -0.456 e. The van der Waals surface area contributed by atoms with E-state index in [1.807, 2.05) is 33.3 Å². The van der Waals surface area contributed by atoms with Gasteiger partial charge in [-0.3, -0.25) is 18.6 Å². The van der Waals surface area contributed by atoms with Gasteiger partial charge in [0.2, 0.25) is 5.91 Å². The van der Waals surface area contributed by atoms with Crippen LogP contribution in [0.25, 0.3) is 0 Å². The lowest BCUT2D eigenvalue weighted by atomic mass is 10.0. The normalized spacial score (nSPS) is 14.0. The Kier molecular flexibility index (Phi) is 52.8. The minimum absolute atomic E-state index is 0.0353. The fourth-order valence-electron chi connectivity index (χ4n) is 9.10. The molecule has 3 unspecified atom stereocenters. The van der Waals surface area contributed by atoms with Gasteiger partial charge in [0, 0.05) is 12.8 Å². The maximum absolute atomic E-state index is 13.5. The van der Waals surface area contributed by atoms with E-state index in [2.05, 4.69) is 62.5 Å². The van der Waals surface area contributed by atoms with Gasteiger partial charge in [-0.2, -0.15) is 0 Å². The fourth-order valence-corrected chi connectivity index (χ4v) is 9.84. The Balaban J connectivity index is 5.31. The fraction of sp³-hybridized carbons (Fsp3) is 0.844. The molecule has 10 heteroatoms. The summed E-state index contributed by atoms with van der Waals surface area (Å²) < 4.78 is 30.7. The van der Waals surface area contributed by atoms with E-state index in [1.54, 1.807) is 0 Å². The Labute approximate surface area is 458 Å². The SMILES string of the molecule is CCCCCCCC/C=C/CCCCCCCCCCCC(=O)OC(/C=C/CCCCCCCCCCCCC)C(COP(=O)(O)OCC[N+](C)(C)C)NC(=O)CCCCC/C=C/C=C/CCCCCCCCC. The third kappa shape index (κ3) is 54.7. The molecule has 0 aromatic rings. The van der Waals surface area contributed by atoms with Crippen LogP contribution in [0.3, 0.4) is 0 Å². The topological polar surface area (TPSA) is 111 Å². The summed E-state index contributed by atoms with van der Waals surface area (Å²) in [5, 5.41) is 3.04. The van der Waals surface area contributed by atoms with Crippen molar-refractivity contribution in [1.82, 2.24) is 5.32 Å². The third-order valence-electron chi connectivity index (χ3n) is 14.0. The van der Waals surface area contributed by atoms with Crippen molar-refractivity contribution >= 4 is 19.7 Å². The van der Waals surface area contributed by atoms with Gasteiger partial charge in [-0.15, -0.1) is 0 Å². The van der Waals surface area contributed by atoms with Crippen molar-refractivity contribution in [2.24, 2.45) is 0 Å². The van der Waals surface area contributed by atoms with Crippen molar-refractivity contribution in [2.75, 3.05) is 40.9 Å². The molecule has 1 amide bonds. The Hall–Kier alpha value is -2.03. The number of nitrogens with one attached hydrogen (secondary N) is 1. The molecular weight excluding hydrogens is 940 g/mol. The maximum Gasteiger partial charge on any atom is 0.472 e. The first-order chi connectivity index (χ1) is 35.9. The first-order valence-corrected chi connectivity index (χ1v) is 33.0. The molecule has 0 aliphatic carbocycles. The van der Waals surface area contributed by atoms with Crippen LogP contribution in [0.1, 0.15) is 297 Å². The molecule has 0 aromatic heterocycles. The van der Waals surface area contributed by atoms with E-state index in [4.69, 9.17) is 13.8 Å². The number of nitrogens with zero attached hydrogens (tertiary/aromatic N) is 1. The van der Waals surface area contributed by atoms with E-state index < -0.39 is 20.0 Å². The number of quaternary nitrogens is 1. The van der Waals surface area contributed by atoms with Gasteiger partial charge in [0.1, 0.15) is 19.3 Å². The average molecular weight is 1060 g/mol. The van der Waals surface area contributed by atoms with Crippen LogP contribution in [0.5, 0.6) is 0 Å². The van der Waals surface area contributed by atoms with Crippen molar-refractivity contribution in [1.29, 1.82) is 0 Å². The number of esters is 1. The first kappa shape index (κ1) is 72.0. The highest BCUT2D eigenvalue weighted by Crippen LogP contribution is 2.43. The molecule has 0 aliphatic rings. The summed E-state index contributed by atoms with van der Waals surface area (Å²) in [5.41, 5.74) is 0. The van der Waals surface area contributed by atoms with Gasteiger partial charge in [0.05, 0.1) is 33.8 Å². The smallest absolute Gasteiger partial charge is 0.456 e. The summed E-state index contributed by atoms with van der Waals surface area (Å²) in [4.78, 5) is 37.7. The van der Waals surface area contributed by atoms with Crippen LogP contribution in [-0.2, 0) is 27.9 Å². The number of likely N-dealkylation sites (N-methyl/N-ethyl adjacent to an activating group) is 1. The molecule has 434 valence electrons. The number of allylic oxidation sites excluding steroid dienone is 7. The molecule has 0 aliphatic heterocycles. The van der Waals surface area contributed by atoms with Crippen LogP contribution in [-0.4, -0.2) is 74.3 Å². The van der Waals surface area contributed by atoms with Gasteiger partial charge < -0.3 is 19.4 Å². The average Bonchev–Trinajstić information content (AvgIpc) is 3.36. The number of carbonyl (C=O) groups is 2. The van der Waals surface area contributed by atoms with Gasteiger partial charge >= 0.3 is 13.8 Å². The van der Waals surface area contributed by atoms with Gasteiger partial charge in [-0.05, 0) is 83.1 Å². The number of phosphoric acid groups is 1. The van der Waals surface area contributed by atoms with Crippen molar-refractivity contribution in [3.05, 3.63) is 48.6 Å². The lowest BCUT2D eigenvalue weighted by molar-refractivity contribution is -0.870. The van der Waals surface area contributed by atoms with Crippen LogP contribution in [0.15, 0.2) is 48.6 Å². The van der Waals surface area contributed by atoms with Gasteiger partial charge in [0.15, 0.2) is 0 Å². The predicted octanol–water partition coefficient (Wildman–Crippen LogP) is 19.3. The zero-order chi connectivity index (χ0) is 54.3. The number of carbonyl (C=O) groups excluding carboxylic acids is 2. The second kappa shape index (κ2) is 54.3. The van der Waals surface area contributed by atoms with Crippen LogP contribution < -0.4 is 5.32 Å². The van der Waals surface area contributed by atoms with E-state index in [9.17, 15) is 19.0 Å². The highest BCUT2D eigenvalue weighted by molar-refractivity contribution is 7.47. The van der Waals surface area contributed by atoms with E-state index in [-0.39, 0.29) is 31.5 Å². The Morgan fingerprint density at radius 1 is 0.473 bits per heavy atom. The summed E-state index contributed by atoms with van der Waals surface area (Å²) in [6.07, 6.45) is 66.8. The molecule has 3 atom stereocenters. The monoisotopic (exact) mass is 1060 g/mol. The number of amides is 1. The largest absolute Gasteiger partial charge is 0.472 e. The second-order valence-electron chi connectivity index (χ2n) is 22.6. The lowest BCUT2D eigenvalue weighted by Crippen LogP contribution is -2.47. The van der Waals surface area contributed by atoms with Crippen LogP contribution in [0.4, 0.5) is 0 Å². The third-order valence-corrected chi connectivity index (χ3v) is 15.0. The van der Waals surface area contributed by atoms with Crippen LogP contribution >= 0.6 is 7.82 Å². The molecule has 0 saturated heterocycles. The molecule has 2 N–H and O–H groups in total. The van der Waals surface area contributed by atoms with E-state index in [0.29, 0.717) is 23.9 Å². The van der Waals surface area contributed by atoms with Crippen molar-refractivity contribution < 1.29 is 37.3 Å². The van der Waals surface area contributed by atoms with E-state index in [0.717, 1.165) is 64.2 Å². The lowest BCUT2D eigenvalue weighted by Gasteiger charge is -2.27. The zero-order valence-electron chi connectivity index (χ0n) is 49.6.